The number of rotatable bonds is 7. The molecule has 0 unspecified atom stereocenters. The van der Waals surface area contributed by atoms with Crippen molar-refractivity contribution in [2.75, 3.05) is 13.2 Å². The molecule has 1 aromatic heterocycles. The maximum absolute atomic E-state index is 13.5. The van der Waals surface area contributed by atoms with E-state index in [0.717, 1.165) is 37.1 Å². The lowest BCUT2D eigenvalue weighted by molar-refractivity contribution is -0.145. The third kappa shape index (κ3) is 4.42. The van der Waals surface area contributed by atoms with Gasteiger partial charge in [0.25, 0.3) is 0 Å². The molecule has 2 aromatic rings. The average molecular weight is 410 g/mol. The SMILES string of the molecule is CCOC(=O)[C@H]1C[C@H]1CN(Cc1cc(C)n(C)n1)C(=O)[C@@H]1CCc2ccccc2C1. The Balaban J connectivity index is 1.48. The third-order valence-corrected chi connectivity index (χ3v) is 6.49. The fourth-order valence-electron chi connectivity index (χ4n) is 4.58. The molecule has 6 heteroatoms. The van der Waals surface area contributed by atoms with E-state index in [9.17, 15) is 9.59 Å². The van der Waals surface area contributed by atoms with E-state index in [1.807, 2.05) is 42.6 Å². The zero-order chi connectivity index (χ0) is 21.3. The lowest BCUT2D eigenvalue weighted by Crippen LogP contribution is -2.39. The van der Waals surface area contributed by atoms with E-state index in [2.05, 4.69) is 23.3 Å². The van der Waals surface area contributed by atoms with Gasteiger partial charge in [-0.3, -0.25) is 14.3 Å². The van der Waals surface area contributed by atoms with E-state index in [1.165, 1.54) is 11.1 Å². The predicted molar refractivity (Wildman–Crippen MR) is 114 cm³/mol. The molecule has 3 atom stereocenters. The molecule has 160 valence electrons. The summed E-state index contributed by atoms with van der Waals surface area (Å²) in [5.41, 5.74) is 4.61. The van der Waals surface area contributed by atoms with Crippen LogP contribution in [0.2, 0.25) is 0 Å². The van der Waals surface area contributed by atoms with Crippen molar-refractivity contribution in [1.82, 2.24) is 14.7 Å². The summed E-state index contributed by atoms with van der Waals surface area (Å²) in [7, 11) is 1.92. The Bertz CT molecular complexity index is 916. The van der Waals surface area contributed by atoms with Gasteiger partial charge in [0, 0.05) is 25.2 Å². The second-order valence-corrected chi connectivity index (χ2v) is 8.68. The number of fused-ring (bicyclic) bond motifs is 1. The van der Waals surface area contributed by atoms with Gasteiger partial charge in [-0.25, -0.2) is 0 Å². The normalized spacial score (nSPS) is 22.3. The highest BCUT2D eigenvalue weighted by Gasteiger charge is 2.46. The molecule has 1 amide bonds. The number of carbonyl (C=O) groups excluding carboxylic acids is 2. The highest BCUT2D eigenvalue weighted by atomic mass is 16.5. The summed E-state index contributed by atoms with van der Waals surface area (Å²) in [4.78, 5) is 27.6. The number of carbonyl (C=O) groups is 2. The van der Waals surface area contributed by atoms with Gasteiger partial charge in [0.2, 0.25) is 5.91 Å². The minimum Gasteiger partial charge on any atom is -0.466 e. The summed E-state index contributed by atoms with van der Waals surface area (Å²) in [6.45, 7) is 5.33. The molecule has 0 radical (unpaired) electrons. The van der Waals surface area contributed by atoms with Crippen LogP contribution in [0, 0.1) is 24.7 Å². The Morgan fingerprint density at radius 1 is 1.27 bits per heavy atom. The van der Waals surface area contributed by atoms with Gasteiger partial charge >= 0.3 is 5.97 Å². The van der Waals surface area contributed by atoms with Crippen LogP contribution in [0.25, 0.3) is 0 Å². The van der Waals surface area contributed by atoms with Crippen molar-refractivity contribution in [2.24, 2.45) is 24.8 Å². The van der Waals surface area contributed by atoms with Crippen molar-refractivity contribution >= 4 is 11.9 Å². The topological polar surface area (TPSA) is 64.4 Å². The molecule has 0 spiro atoms. The number of nitrogens with zero attached hydrogens (tertiary/aromatic N) is 3. The first-order valence-electron chi connectivity index (χ1n) is 11.0. The fraction of sp³-hybridized carbons (Fsp3) is 0.542. The molecule has 0 saturated heterocycles. The van der Waals surface area contributed by atoms with Crippen LogP contribution in [0.4, 0.5) is 0 Å². The number of benzene rings is 1. The number of ether oxygens (including phenoxy) is 1. The van der Waals surface area contributed by atoms with Crippen LogP contribution in [-0.4, -0.2) is 39.7 Å². The Morgan fingerprint density at radius 2 is 2.03 bits per heavy atom. The van der Waals surface area contributed by atoms with Crippen LogP contribution in [0.15, 0.2) is 30.3 Å². The van der Waals surface area contributed by atoms with Gasteiger partial charge < -0.3 is 9.64 Å². The quantitative estimate of drug-likeness (QED) is 0.660. The van der Waals surface area contributed by atoms with Crippen molar-refractivity contribution in [3.63, 3.8) is 0 Å². The van der Waals surface area contributed by atoms with Crippen molar-refractivity contribution in [3.05, 3.63) is 52.8 Å². The van der Waals surface area contributed by atoms with E-state index < -0.39 is 0 Å². The minimum atomic E-state index is -0.129. The van der Waals surface area contributed by atoms with Crippen LogP contribution in [0.3, 0.4) is 0 Å². The monoisotopic (exact) mass is 409 g/mol. The lowest BCUT2D eigenvalue weighted by Gasteiger charge is -2.30. The van der Waals surface area contributed by atoms with E-state index >= 15 is 0 Å². The molecule has 1 fully saturated rings. The summed E-state index contributed by atoms with van der Waals surface area (Å²) in [6, 6.07) is 10.5. The van der Waals surface area contributed by atoms with Gasteiger partial charge in [0.05, 0.1) is 24.8 Å². The van der Waals surface area contributed by atoms with Gasteiger partial charge in [-0.2, -0.15) is 5.10 Å². The van der Waals surface area contributed by atoms with E-state index in [4.69, 9.17) is 4.74 Å². The highest BCUT2D eigenvalue weighted by molar-refractivity contribution is 5.80. The molecule has 0 bridgehead atoms. The number of amides is 1. The molecule has 1 saturated carbocycles. The van der Waals surface area contributed by atoms with Gasteiger partial charge in [0.1, 0.15) is 0 Å². The van der Waals surface area contributed by atoms with Crippen molar-refractivity contribution in [1.29, 1.82) is 0 Å². The molecule has 0 N–H and O–H groups in total. The number of hydrogen-bond acceptors (Lipinski definition) is 4. The van der Waals surface area contributed by atoms with Crippen LogP contribution < -0.4 is 0 Å². The molecule has 1 aromatic carbocycles. The zero-order valence-corrected chi connectivity index (χ0v) is 18.1. The Morgan fingerprint density at radius 3 is 2.73 bits per heavy atom. The summed E-state index contributed by atoms with van der Waals surface area (Å²) in [6.07, 6.45) is 3.41. The summed E-state index contributed by atoms with van der Waals surface area (Å²) >= 11 is 0. The Kier molecular flexibility index (Phi) is 5.93. The van der Waals surface area contributed by atoms with Gasteiger partial charge in [-0.15, -0.1) is 0 Å². The smallest absolute Gasteiger partial charge is 0.309 e. The molecule has 2 aliphatic carbocycles. The lowest BCUT2D eigenvalue weighted by atomic mass is 9.83. The summed E-state index contributed by atoms with van der Waals surface area (Å²) in [5.74, 6) is 0.161. The zero-order valence-electron chi connectivity index (χ0n) is 18.1. The van der Waals surface area contributed by atoms with Crippen LogP contribution >= 0.6 is 0 Å². The molecule has 4 rings (SSSR count). The summed E-state index contributed by atoms with van der Waals surface area (Å²) < 4.78 is 7.01. The Labute approximate surface area is 178 Å². The standard InChI is InChI=1S/C24H31N3O3/c1-4-30-24(29)22-13-20(22)14-27(15-21-11-16(2)26(3)25-21)23(28)19-10-9-17-7-5-6-8-18(17)12-19/h5-8,11,19-20,22H,4,9-10,12-15H2,1-3H3/t19-,20+,22+/m1/s1. The molecule has 0 aliphatic heterocycles. The maximum atomic E-state index is 13.5. The maximum Gasteiger partial charge on any atom is 0.309 e. The predicted octanol–water partition coefficient (Wildman–Crippen LogP) is 3.06. The van der Waals surface area contributed by atoms with E-state index in [1.54, 1.807) is 0 Å². The molecule has 1 heterocycles. The number of esters is 1. The van der Waals surface area contributed by atoms with E-state index in [-0.39, 0.29) is 29.6 Å². The van der Waals surface area contributed by atoms with Crippen LogP contribution in [0.1, 0.15) is 42.3 Å². The third-order valence-electron chi connectivity index (χ3n) is 6.49. The van der Waals surface area contributed by atoms with Crippen molar-refractivity contribution < 1.29 is 14.3 Å². The second kappa shape index (κ2) is 8.62. The first-order valence-corrected chi connectivity index (χ1v) is 11.0. The molecule has 30 heavy (non-hydrogen) atoms. The molecule has 2 aliphatic rings. The second-order valence-electron chi connectivity index (χ2n) is 8.68. The largest absolute Gasteiger partial charge is 0.466 e. The Hall–Kier alpha value is -2.63. The van der Waals surface area contributed by atoms with Gasteiger partial charge in [0.15, 0.2) is 0 Å². The van der Waals surface area contributed by atoms with Crippen LogP contribution in [-0.2, 0) is 40.8 Å². The first-order chi connectivity index (χ1) is 14.5. The fourth-order valence-corrected chi connectivity index (χ4v) is 4.58. The van der Waals surface area contributed by atoms with Gasteiger partial charge in [-0.05, 0) is 62.6 Å². The molecular weight excluding hydrogens is 378 g/mol. The molecular formula is C24H31N3O3. The van der Waals surface area contributed by atoms with Crippen molar-refractivity contribution in [3.8, 4) is 0 Å². The highest BCUT2D eigenvalue weighted by Crippen LogP contribution is 2.41. The van der Waals surface area contributed by atoms with E-state index in [0.29, 0.717) is 19.7 Å². The number of aryl methyl sites for hydroxylation is 3. The minimum absolute atomic E-state index is 0.00972. The summed E-state index contributed by atoms with van der Waals surface area (Å²) in [5, 5.41) is 4.56. The molecule has 6 nitrogen and oxygen atoms in total. The van der Waals surface area contributed by atoms with Gasteiger partial charge in [-0.1, -0.05) is 24.3 Å². The van der Waals surface area contributed by atoms with Crippen LogP contribution in [0.5, 0.6) is 0 Å². The first kappa shape index (κ1) is 20.6. The number of hydrogen-bond donors (Lipinski definition) is 0. The number of aromatic nitrogens is 2. The average Bonchev–Trinajstić information content (AvgIpc) is 3.44. The van der Waals surface area contributed by atoms with Crippen molar-refractivity contribution in [2.45, 2.75) is 46.1 Å².